The van der Waals surface area contributed by atoms with Crippen LogP contribution in [0.25, 0.3) is 0 Å². The van der Waals surface area contributed by atoms with Crippen molar-refractivity contribution >= 4 is 5.91 Å². The van der Waals surface area contributed by atoms with Gasteiger partial charge in [-0.05, 0) is 16.7 Å². The van der Waals surface area contributed by atoms with E-state index in [1.165, 1.54) is 6.92 Å². The van der Waals surface area contributed by atoms with Gasteiger partial charge in [-0.2, -0.15) is 0 Å². The van der Waals surface area contributed by atoms with Gasteiger partial charge in [-0.25, -0.2) is 8.78 Å². The molecule has 6 nitrogen and oxygen atoms in total. The molecule has 4 rings (SSSR count). The summed E-state index contributed by atoms with van der Waals surface area (Å²) in [7, 11) is 0. The SMILES string of the molecule is CC(=O)N[C@H]1[C@@H](OCc2ccccc2)O[C@H](C(F)F)[C@@H](OCc2ccccc2)[C@@H]1OCc1ccccc1. The van der Waals surface area contributed by atoms with E-state index in [-0.39, 0.29) is 25.7 Å². The summed E-state index contributed by atoms with van der Waals surface area (Å²) in [6.45, 7) is 1.67. The summed E-state index contributed by atoms with van der Waals surface area (Å²) >= 11 is 0. The van der Waals surface area contributed by atoms with Crippen LogP contribution in [0, 0.1) is 0 Å². The van der Waals surface area contributed by atoms with E-state index < -0.39 is 37.1 Å². The second-order valence-electron chi connectivity index (χ2n) is 8.85. The quantitative estimate of drug-likeness (QED) is 0.398. The zero-order chi connectivity index (χ0) is 26.0. The highest BCUT2D eigenvalue weighted by Crippen LogP contribution is 2.32. The second kappa shape index (κ2) is 13.4. The monoisotopic (exact) mass is 511 g/mol. The van der Waals surface area contributed by atoms with E-state index >= 15 is 0 Å². The Morgan fingerprint density at radius 1 is 0.757 bits per heavy atom. The van der Waals surface area contributed by atoms with Gasteiger partial charge in [-0.3, -0.25) is 4.79 Å². The van der Waals surface area contributed by atoms with Crippen LogP contribution in [0.4, 0.5) is 8.78 Å². The lowest BCUT2D eigenvalue weighted by Gasteiger charge is -2.46. The number of carbonyl (C=O) groups excluding carboxylic acids is 1. The molecule has 0 aliphatic carbocycles. The minimum Gasteiger partial charge on any atom is -0.368 e. The molecule has 0 unspecified atom stereocenters. The molecular formula is C29H31F2NO5. The predicted octanol–water partition coefficient (Wildman–Crippen LogP) is 4.87. The molecule has 0 saturated carbocycles. The number of ether oxygens (including phenoxy) is 4. The molecule has 1 N–H and O–H groups in total. The van der Waals surface area contributed by atoms with Crippen molar-refractivity contribution < 1.29 is 32.5 Å². The first-order valence-corrected chi connectivity index (χ1v) is 12.2. The van der Waals surface area contributed by atoms with Crippen molar-refractivity contribution in [3.63, 3.8) is 0 Å². The summed E-state index contributed by atoms with van der Waals surface area (Å²) in [4.78, 5) is 12.2. The van der Waals surface area contributed by atoms with Gasteiger partial charge in [0.05, 0.1) is 19.8 Å². The van der Waals surface area contributed by atoms with Gasteiger partial charge in [0, 0.05) is 6.92 Å². The zero-order valence-electron chi connectivity index (χ0n) is 20.5. The number of benzene rings is 3. The lowest BCUT2D eigenvalue weighted by atomic mass is 9.95. The maximum Gasteiger partial charge on any atom is 0.267 e. The number of hydrogen-bond donors (Lipinski definition) is 1. The smallest absolute Gasteiger partial charge is 0.267 e. The first-order chi connectivity index (χ1) is 18.0. The molecule has 0 bridgehead atoms. The fraction of sp³-hybridized carbons (Fsp3) is 0.345. The molecule has 0 spiro atoms. The number of amides is 1. The summed E-state index contributed by atoms with van der Waals surface area (Å²) in [5, 5.41) is 2.80. The third-order valence-electron chi connectivity index (χ3n) is 6.03. The van der Waals surface area contributed by atoms with E-state index in [4.69, 9.17) is 18.9 Å². The predicted molar refractivity (Wildman–Crippen MR) is 134 cm³/mol. The van der Waals surface area contributed by atoms with Crippen molar-refractivity contribution in [3.8, 4) is 0 Å². The average Bonchev–Trinajstić information content (AvgIpc) is 2.91. The molecule has 37 heavy (non-hydrogen) atoms. The van der Waals surface area contributed by atoms with Crippen LogP contribution < -0.4 is 5.32 Å². The van der Waals surface area contributed by atoms with Crippen LogP contribution in [0.2, 0.25) is 0 Å². The Kier molecular flexibility index (Phi) is 9.73. The van der Waals surface area contributed by atoms with Crippen molar-refractivity contribution in [2.45, 2.75) is 63.8 Å². The van der Waals surface area contributed by atoms with Crippen LogP contribution in [-0.2, 0) is 43.6 Å². The Labute approximate surface area is 215 Å². The Morgan fingerprint density at radius 3 is 1.62 bits per heavy atom. The van der Waals surface area contributed by atoms with Crippen molar-refractivity contribution in [2.24, 2.45) is 0 Å². The van der Waals surface area contributed by atoms with E-state index in [1.54, 1.807) is 0 Å². The van der Waals surface area contributed by atoms with Gasteiger partial charge >= 0.3 is 0 Å². The maximum atomic E-state index is 14.4. The molecule has 1 aliphatic heterocycles. The number of alkyl halides is 2. The van der Waals surface area contributed by atoms with Gasteiger partial charge in [0.25, 0.3) is 6.43 Å². The number of carbonyl (C=O) groups is 1. The molecule has 1 heterocycles. The van der Waals surface area contributed by atoms with Gasteiger partial charge < -0.3 is 24.3 Å². The summed E-state index contributed by atoms with van der Waals surface area (Å²) in [5.41, 5.74) is 2.51. The van der Waals surface area contributed by atoms with Gasteiger partial charge in [0.2, 0.25) is 5.91 Å². The third-order valence-corrected chi connectivity index (χ3v) is 6.03. The number of hydrogen-bond acceptors (Lipinski definition) is 5. The normalized spacial score (nSPS) is 23.6. The van der Waals surface area contributed by atoms with E-state index in [1.807, 2.05) is 91.0 Å². The first kappa shape index (κ1) is 26.9. The van der Waals surface area contributed by atoms with Crippen LogP contribution in [0.5, 0.6) is 0 Å². The number of rotatable bonds is 11. The van der Waals surface area contributed by atoms with Crippen molar-refractivity contribution in [1.82, 2.24) is 5.32 Å². The molecule has 1 fully saturated rings. The fourth-order valence-corrected chi connectivity index (χ4v) is 4.27. The van der Waals surface area contributed by atoms with Crippen LogP contribution in [-0.4, -0.2) is 43.0 Å². The summed E-state index contributed by atoms with van der Waals surface area (Å²) < 4.78 is 52.7. The number of halogens is 2. The largest absolute Gasteiger partial charge is 0.368 e. The highest BCUT2D eigenvalue weighted by Gasteiger charge is 2.51. The van der Waals surface area contributed by atoms with Crippen LogP contribution in [0.3, 0.4) is 0 Å². The molecule has 0 radical (unpaired) electrons. The van der Waals surface area contributed by atoms with Crippen molar-refractivity contribution in [2.75, 3.05) is 0 Å². The standard InChI is InChI=1S/C29H31F2NO5/c1-20(33)32-24-25(34-17-21-11-5-2-6-12-21)26(35-18-22-13-7-3-8-14-22)27(28(30)31)37-29(24)36-19-23-15-9-4-10-16-23/h2-16,24-29H,17-19H2,1H3,(H,32,33)/t24-,25-,26+,27+,29+/m1/s1. The average molecular weight is 512 g/mol. The lowest BCUT2D eigenvalue weighted by molar-refractivity contribution is -0.304. The minimum absolute atomic E-state index is 0.0750. The number of nitrogens with one attached hydrogen (secondary N) is 1. The molecule has 1 saturated heterocycles. The van der Waals surface area contributed by atoms with E-state index in [2.05, 4.69) is 5.32 Å². The second-order valence-corrected chi connectivity index (χ2v) is 8.85. The van der Waals surface area contributed by atoms with Crippen LogP contribution in [0.15, 0.2) is 91.0 Å². The topological polar surface area (TPSA) is 66.0 Å². The van der Waals surface area contributed by atoms with Gasteiger partial charge in [-0.1, -0.05) is 91.0 Å². The van der Waals surface area contributed by atoms with Crippen LogP contribution in [0.1, 0.15) is 23.6 Å². The summed E-state index contributed by atoms with van der Waals surface area (Å²) in [6, 6.07) is 27.0. The molecule has 1 amide bonds. The maximum absolute atomic E-state index is 14.4. The zero-order valence-corrected chi connectivity index (χ0v) is 20.5. The molecule has 5 atom stereocenters. The molecular weight excluding hydrogens is 480 g/mol. The van der Waals surface area contributed by atoms with Gasteiger partial charge in [0.1, 0.15) is 18.2 Å². The molecule has 3 aromatic carbocycles. The summed E-state index contributed by atoms with van der Waals surface area (Å²) in [6.07, 6.45) is -7.82. The molecule has 8 heteroatoms. The minimum atomic E-state index is -2.87. The van der Waals surface area contributed by atoms with E-state index in [0.29, 0.717) is 0 Å². The van der Waals surface area contributed by atoms with Crippen LogP contribution >= 0.6 is 0 Å². The Bertz CT molecular complexity index is 1090. The third kappa shape index (κ3) is 7.66. The fourth-order valence-electron chi connectivity index (χ4n) is 4.27. The highest BCUT2D eigenvalue weighted by atomic mass is 19.3. The van der Waals surface area contributed by atoms with Gasteiger partial charge in [0.15, 0.2) is 12.4 Å². The van der Waals surface area contributed by atoms with Crippen molar-refractivity contribution in [3.05, 3.63) is 108 Å². The first-order valence-electron chi connectivity index (χ1n) is 12.2. The van der Waals surface area contributed by atoms with E-state index in [9.17, 15) is 13.6 Å². The van der Waals surface area contributed by atoms with Gasteiger partial charge in [-0.15, -0.1) is 0 Å². The molecule has 3 aromatic rings. The Hall–Kier alpha value is -3.17. The lowest BCUT2D eigenvalue weighted by Crippen LogP contribution is -2.66. The van der Waals surface area contributed by atoms with Crippen molar-refractivity contribution in [1.29, 1.82) is 0 Å². The Balaban J connectivity index is 1.61. The Morgan fingerprint density at radius 2 is 1.19 bits per heavy atom. The highest BCUT2D eigenvalue weighted by molar-refractivity contribution is 5.73. The molecule has 0 aromatic heterocycles. The van der Waals surface area contributed by atoms with E-state index in [0.717, 1.165) is 16.7 Å². The molecule has 196 valence electrons. The molecule has 1 aliphatic rings. The summed E-state index contributed by atoms with van der Waals surface area (Å²) in [5.74, 6) is -0.368.